The van der Waals surface area contributed by atoms with Crippen LogP contribution in [-0.2, 0) is 11.2 Å². The molecular formula is C24H31N3O3. The van der Waals surface area contributed by atoms with Gasteiger partial charge in [0.05, 0.1) is 0 Å². The number of carboxylic acid groups (broad SMARTS) is 1. The van der Waals surface area contributed by atoms with Gasteiger partial charge in [-0.3, -0.25) is 9.69 Å². The highest BCUT2D eigenvalue weighted by atomic mass is 16.4. The summed E-state index contributed by atoms with van der Waals surface area (Å²) >= 11 is 0. The van der Waals surface area contributed by atoms with Crippen LogP contribution in [0.15, 0.2) is 53.7 Å². The Morgan fingerprint density at radius 2 is 1.83 bits per heavy atom. The van der Waals surface area contributed by atoms with E-state index in [-0.39, 0.29) is 12.8 Å². The van der Waals surface area contributed by atoms with E-state index in [0.29, 0.717) is 0 Å². The Bertz CT molecular complexity index is 830. The van der Waals surface area contributed by atoms with Crippen LogP contribution in [0.5, 0.6) is 0 Å². The molecule has 1 unspecified atom stereocenters. The third-order valence-corrected chi connectivity index (χ3v) is 5.80. The van der Waals surface area contributed by atoms with E-state index in [0.717, 1.165) is 51.1 Å². The minimum Gasteiger partial charge on any atom is -0.481 e. The zero-order valence-electron chi connectivity index (χ0n) is 17.7. The molecule has 6 nitrogen and oxygen atoms in total. The highest BCUT2D eigenvalue weighted by Gasteiger charge is 2.17. The van der Waals surface area contributed by atoms with Crippen molar-refractivity contribution in [2.45, 2.75) is 38.6 Å². The van der Waals surface area contributed by atoms with Crippen LogP contribution in [0.25, 0.3) is 0 Å². The molecule has 1 aliphatic heterocycles. The largest absolute Gasteiger partial charge is 0.481 e. The van der Waals surface area contributed by atoms with Crippen LogP contribution in [0.1, 0.15) is 42.0 Å². The predicted octanol–water partition coefficient (Wildman–Crippen LogP) is 4.42. The topological polar surface area (TPSA) is 73.2 Å². The average Bonchev–Trinajstić information content (AvgIpc) is 2.75. The van der Waals surface area contributed by atoms with Gasteiger partial charge in [0.25, 0.3) is 0 Å². The predicted molar refractivity (Wildman–Crippen MR) is 120 cm³/mol. The maximum Gasteiger partial charge on any atom is 0.303 e. The number of aliphatic carboxylic acids is 1. The number of nitrogens with zero attached hydrogens (tertiary/aromatic N) is 3. The molecule has 0 aromatic heterocycles. The van der Waals surface area contributed by atoms with Gasteiger partial charge in [0.2, 0.25) is 0 Å². The number of benzene rings is 2. The zero-order valence-corrected chi connectivity index (χ0v) is 17.7. The fourth-order valence-electron chi connectivity index (χ4n) is 4.01. The highest BCUT2D eigenvalue weighted by molar-refractivity contribution is 5.66. The summed E-state index contributed by atoms with van der Waals surface area (Å²) in [6, 6.07) is 16.0. The minimum absolute atomic E-state index is 0.0463. The number of rotatable bonds is 10. The van der Waals surface area contributed by atoms with Crippen molar-refractivity contribution in [3.63, 3.8) is 0 Å². The molecule has 0 aliphatic carbocycles. The summed E-state index contributed by atoms with van der Waals surface area (Å²) in [6.07, 6.45) is 2.28. The first-order valence-corrected chi connectivity index (χ1v) is 10.7. The van der Waals surface area contributed by atoms with Gasteiger partial charge in [-0.15, -0.1) is 0 Å². The Morgan fingerprint density at radius 3 is 2.47 bits per heavy atom. The summed E-state index contributed by atoms with van der Waals surface area (Å²) in [7, 11) is 0. The van der Waals surface area contributed by atoms with E-state index in [1.165, 1.54) is 16.8 Å². The second kappa shape index (κ2) is 10.9. The van der Waals surface area contributed by atoms with Gasteiger partial charge in [-0.25, -0.2) is 0 Å². The van der Waals surface area contributed by atoms with Crippen molar-refractivity contribution in [1.82, 2.24) is 4.90 Å². The molecule has 0 spiro atoms. The number of anilines is 1. The van der Waals surface area contributed by atoms with Crippen molar-refractivity contribution in [3.05, 3.63) is 70.1 Å². The number of hydrogen-bond donors (Lipinski definition) is 1. The first-order chi connectivity index (χ1) is 14.5. The van der Waals surface area contributed by atoms with Gasteiger partial charge in [-0.2, -0.15) is 4.91 Å². The number of carbonyl (C=O) groups is 1. The molecule has 1 aliphatic rings. The van der Waals surface area contributed by atoms with E-state index >= 15 is 0 Å². The molecule has 1 fully saturated rings. The molecule has 1 N–H and O–H groups in total. The maximum atomic E-state index is 11.0. The molecule has 3 rings (SSSR count). The van der Waals surface area contributed by atoms with Crippen LogP contribution in [0, 0.1) is 11.8 Å². The first-order valence-electron chi connectivity index (χ1n) is 10.7. The summed E-state index contributed by atoms with van der Waals surface area (Å²) in [5.41, 5.74) is 4.65. The van der Waals surface area contributed by atoms with Gasteiger partial charge in [0.15, 0.2) is 0 Å². The molecule has 1 atom stereocenters. The molecule has 30 heavy (non-hydrogen) atoms. The summed E-state index contributed by atoms with van der Waals surface area (Å²) in [6.45, 7) is 7.52. The molecule has 1 heterocycles. The lowest BCUT2D eigenvalue weighted by molar-refractivity contribution is -0.137. The molecule has 2 aromatic carbocycles. The van der Waals surface area contributed by atoms with Crippen LogP contribution in [0.3, 0.4) is 0 Å². The normalized spacial score (nSPS) is 15.7. The van der Waals surface area contributed by atoms with E-state index in [1.54, 1.807) is 0 Å². The van der Waals surface area contributed by atoms with Crippen molar-refractivity contribution in [3.8, 4) is 0 Å². The van der Waals surface area contributed by atoms with Crippen molar-refractivity contribution >= 4 is 11.7 Å². The van der Waals surface area contributed by atoms with E-state index in [1.807, 2.05) is 24.3 Å². The molecule has 2 aromatic rings. The highest BCUT2D eigenvalue weighted by Crippen LogP contribution is 2.23. The number of piperazine rings is 1. The number of nitroso groups, excluding NO2 is 1. The molecule has 0 saturated carbocycles. The Hall–Kier alpha value is -2.73. The van der Waals surface area contributed by atoms with E-state index in [9.17, 15) is 9.70 Å². The van der Waals surface area contributed by atoms with Crippen molar-refractivity contribution < 1.29 is 9.90 Å². The van der Waals surface area contributed by atoms with Gasteiger partial charge < -0.3 is 10.0 Å². The summed E-state index contributed by atoms with van der Waals surface area (Å²) in [5, 5.41) is 11.9. The van der Waals surface area contributed by atoms with Crippen LogP contribution in [0.4, 0.5) is 5.69 Å². The summed E-state index contributed by atoms with van der Waals surface area (Å²) in [4.78, 5) is 26.7. The second-order valence-corrected chi connectivity index (χ2v) is 8.07. The van der Waals surface area contributed by atoms with Crippen LogP contribution < -0.4 is 4.90 Å². The molecule has 0 bridgehead atoms. The van der Waals surface area contributed by atoms with Crippen molar-refractivity contribution in [2.75, 3.05) is 37.6 Å². The van der Waals surface area contributed by atoms with E-state index in [4.69, 9.17) is 5.11 Å². The lowest BCUT2D eigenvalue weighted by Gasteiger charge is -2.36. The monoisotopic (exact) mass is 409 g/mol. The Kier molecular flexibility index (Phi) is 7.97. The smallest absolute Gasteiger partial charge is 0.303 e. The van der Waals surface area contributed by atoms with Gasteiger partial charge in [-0.1, -0.05) is 41.6 Å². The van der Waals surface area contributed by atoms with Crippen LogP contribution in [0.2, 0.25) is 0 Å². The Morgan fingerprint density at radius 1 is 1.10 bits per heavy atom. The van der Waals surface area contributed by atoms with Gasteiger partial charge in [0, 0.05) is 38.3 Å². The average molecular weight is 410 g/mol. The van der Waals surface area contributed by atoms with Gasteiger partial charge in [0.1, 0.15) is 6.04 Å². The fourth-order valence-corrected chi connectivity index (χ4v) is 4.01. The maximum absolute atomic E-state index is 11.0. The number of hydrogen-bond acceptors (Lipinski definition) is 5. The molecular weight excluding hydrogens is 378 g/mol. The van der Waals surface area contributed by atoms with Gasteiger partial charge >= 0.3 is 5.97 Å². The van der Waals surface area contributed by atoms with Crippen molar-refractivity contribution in [2.24, 2.45) is 5.18 Å². The minimum atomic E-state index is -0.903. The number of carboxylic acids is 1. The van der Waals surface area contributed by atoms with Crippen LogP contribution in [-0.4, -0.2) is 48.7 Å². The van der Waals surface area contributed by atoms with Crippen LogP contribution >= 0.6 is 0 Å². The number of aryl methyl sites for hydroxylation is 2. The zero-order chi connectivity index (χ0) is 21.3. The summed E-state index contributed by atoms with van der Waals surface area (Å²) in [5.74, 6) is -0.903. The third-order valence-electron chi connectivity index (χ3n) is 5.80. The Balaban J connectivity index is 1.40. The second-order valence-electron chi connectivity index (χ2n) is 8.07. The van der Waals surface area contributed by atoms with E-state index < -0.39 is 12.0 Å². The first kappa shape index (κ1) is 22.0. The molecule has 160 valence electrons. The SMILES string of the molecule is Cc1cccc(N2CCN(CCCc3ccc(C(CCC(=O)O)N=O)cc3)CC2)c1. The summed E-state index contributed by atoms with van der Waals surface area (Å²) < 4.78 is 0. The fraction of sp³-hybridized carbons (Fsp3) is 0.458. The molecule has 0 amide bonds. The van der Waals surface area contributed by atoms with E-state index in [2.05, 4.69) is 46.2 Å². The quantitative estimate of drug-likeness (QED) is 0.588. The standard InChI is InChI=1S/C24H31N3O3/c1-19-4-2-6-22(18-19)27-16-14-26(15-17-27)13-3-5-20-7-9-21(10-8-20)23(25-30)11-12-24(28)29/h2,4,6-10,18,23H,3,5,11-17H2,1H3,(H,28,29). The molecule has 0 radical (unpaired) electrons. The molecule has 1 saturated heterocycles. The lowest BCUT2D eigenvalue weighted by Crippen LogP contribution is -2.46. The Labute approximate surface area is 178 Å². The molecule has 6 heteroatoms. The van der Waals surface area contributed by atoms with Crippen molar-refractivity contribution in [1.29, 1.82) is 0 Å². The lowest BCUT2D eigenvalue weighted by atomic mass is 10.00. The third kappa shape index (κ3) is 6.39. The van der Waals surface area contributed by atoms with Gasteiger partial charge in [-0.05, 0) is 61.6 Å².